The zero-order valence-electron chi connectivity index (χ0n) is 15.8. The number of rotatable bonds is 8. The highest BCUT2D eigenvalue weighted by Gasteiger charge is 2.31. The standard InChI is InChI=1S/C20H20ClFN4O2S/c1-25(11-15-16(21)5-2-6-17(15)22)18(27)12-29-20-24-23-19(13-7-8-13)26(20)10-14-4-3-9-28-14/h2-6,9,13H,7-8,10-12H2,1H3. The molecular weight excluding hydrogens is 415 g/mol. The third kappa shape index (κ3) is 4.64. The Kier molecular flexibility index (Phi) is 5.91. The summed E-state index contributed by atoms with van der Waals surface area (Å²) < 4.78 is 21.5. The highest BCUT2D eigenvalue weighted by atomic mass is 35.5. The maximum atomic E-state index is 14.0. The van der Waals surface area contributed by atoms with Crippen LogP contribution in [0.5, 0.6) is 0 Å². The largest absolute Gasteiger partial charge is 0.467 e. The van der Waals surface area contributed by atoms with E-state index in [2.05, 4.69) is 10.2 Å². The van der Waals surface area contributed by atoms with Gasteiger partial charge < -0.3 is 9.32 Å². The summed E-state index contributed by atoms with van der Waals surface area (Å²) >= 11 is 7.38. The maximum absolute atomic E-state index is 14.0. The van der Waals surface area contributed by atoms with Gasteiger partial charge in [-0.25, -0.2) is 4.39 Å². The van der Waals surface area contributed by atoms with Crippen molar-refractivity contribution in [3.8, 4) is 0 Å². The number of thioether (sulfide) groups is 1. The Morgan fingerprint density at radius 1 is 1.34 bits per heavy atom. The Balaban J connectivity index is 1.42. The van der Waals surface area contributed by atoms with Crippen molar-refractivity contribution in [3.63, 3.8) is 0 Å². The van der Waals surface area contributed by atoms with Crippen LogP contribution in [0.25, 0.3) is 0 Å². The number of carbonyl (C=O) groups is 1. The number of nitrogens with zero attached hydrogens (tertiary/aromatic N) is 4. The lowest BCUT2D eigenvalue weighted by molar-refractivity contribution is -0.127. The fourth-order valence-corrected chi connectivity index (χ4v) is 4.11. The lowest BCUT2D eigenvalue weighted by Crippen LogP contribution is -2.28. The summed E-state index contributed by atoms with van der Waals surface area (Å²) in [5.41, 5.74) is 0.312. The molecule has 1 aliphatic carbocycles. The SMILES string of the molecule is CN(Cc1c(F)cccc1Cl)C(=O)CSc1nnc(C2CC2)n1Cc1ccco1. The first-order chi connectivity index (χ1) is 14.0. The number of aromatic nitrogens is 3. The Hall–Kier alpha value is -2.32. The topological polar surface area (TPSA) is 64.2 Å². The van der Waals surface area contributed by atoms with Gasteiger partial charge in [0.2, 0.25) is 5.91 Å². The lowest BCUT2D eigenvalue weighted by Gasteiger charge is -2.18. The molecule has 2 heterocycles. The minimum Gasteiger partial charge on any atom is -0.467 e. The van der Waals surface area contributed by atoms with Crippen LogP contribution in [0.2, 0.25) is 5.02 Å². The zero-order chi connectivity index (χ0) is 20.4. The summed E-state index contributed by atoms with van der Waals surface area (Å²) in [6.45, 7) is 0.639. The van der Waals surface area contributed by atoms with E-state index in [4.69, 9.17) is 16.0 Å². The summed E-state index contributed by atoms with van der Waals surface area (Å²) in [6, 6.07) is 8.24. The molecule has 0 saturated heterocycles. The van der Waals surface area contributed by atoms with E-state index in [1.165, 1.54) is 22.7 Å². The van der Waals surface area contributed by atoms with Crippen LogP contribution in [-0.2, 0) is 17.9 Å². The van der Waals surface area contributed by atoms with Crippen molar-refractivity contribution >= 4 is 29.3 Å². The minimum absolute atomic E-state index is 0.108. The molecule has 1 aromatic carbocycles. The van der Waals surface area contributed by atoms with Gasteiger partial charge in [-0.05, 0) is 37.1 Å². The van der Waals surface area contributed by atoms with Crippen LogP contribution >= 0.6 is 23.4 Å². The predicted molar refractivity (Wildman–Crippen MR) is 108 cm³/mol. The summed E-state index contributed by atoms with van der Waals surface area (Å²) in [7, 11) is 1.63. The number of halogens is 2. The fourth-order valence-electron chi connectivity index (χ4n) is 3.00. The molecule has 0 radical (unpaired) electrons. The Bertz CT molecular complexity index is 984. The van der Waals surface area contributed by atoms with Crippen molar-refractivity contribution in [2.75, 3.05) is 12.8 Å². The van der Waals surface area contributed by atoms with Gasteiger partial charge in [-0.3, -0.25) is 9.36 Å². The van der Waals surface area contributed by atoms with E-state index >= 15 is 0 Å². The van der Waals surface area contributed by atoms with Crippen LogP contribution in [0.1, 0.15) is 35.9 Å². The van der Waals surface area contributed by atoms with E-state index in [0.29, 0.717) is 28.2 Å². The van der Waals surface area contributed by atoms with E-state index in [1.807, 2.05) is 16.7 Å². The lowest BCUT2D eigenvalue weighted by atomic mass is 10.2. The van der Waals surface area contributed by atoms with Crippen LogP contribution in [0.15, 0.2) is 46.2 Å². The second-order valence-electron chi connectivity index (χ2n) is 7.02. The molecule has 0 aliphatic heterocycles. The van der Waals surface area contributed by atoms with E-state index in [9.17, 15) is 9.18 Å². The molecule has 6 nitrogen and oxygen atoms in total. The van der Waals surface area contributed by atoms with Gasteiger partial charge in [0, 0.05) is 30.1 Å². The van der Waals surface area contributed by atoms with Crippen LogP contribution in [0.3, 0.4) is 0 Å². The molecule has 3 aromatic rings. The summed E-state index contributed by atoms with van der Waals surface area (Å²) in [5.74, 6) is 1.78. The minimum atomic E-state index is -0.419. The summed E-state index contributed by atoms with van der Waals surface area (Å²) in [6.07, 6.45) is 3.84. The third-order valence-corrected chi connectivity index (χ3v) is 6.10. The average molecular weight is 435 g/mol. The van der Waals surface area contributed by atoms with Gasteiger partial charge in [0.1, 0.15) is 17.4 Å². The number of amides is 1. The first kappa shape index (κ1) is 20.0. The van der Waals surface area contributed by atoms with Crippen LogP contribution < -0.4 is 0 Å². The molecule has 152 valence electrons. The molecular formula is C20H20ClFN4O2S. The van der Waals surface area contributed by atoms with Crippen LogP contribution in [0, 0.1) is 5.82 Å². The van der Waals surface area contributed by atoms with Gasteiger partial charge in [0.05, 0.1) is 18.6 Å². The second kappa shape index (κ2) is 8.59. The maximum Gasteiger partial charge on any atom is 0.233 e. The molecule has 2 aromatic heterocycles. The second-order valence-corrected chi connectivity index (χ2v) is 8.37. The molecule has 1 fully saturated rings. The van der Waals surface area contributed by atoms with Crippen molar-refractivity contribution in [1.29, 1.82) is 0 Å². The molecule has 1 saturated carbocycles. The Morgan fingerprint density at radius 2 is 2.17 bits per heavy atom. The highest BCUT2D eigenvalue weighted by molar-refractivity contribution is 7.99. The first-order valence-corrected chi connectivity index (χ1v) is 10.6. The Labute approximate surface area is 177 Å². The molecule has 1 amide bonds. The molecule has 0 bridgehead atoms. The average Bonchev–Trinajstić information content (AvgIpc) is 3.27. The van der Waals surface area contributed by atoms with Crippen molar-refractivity contribution in [2.24, 2.45) is 0 Å². The summed E-state index contributed by atoms with van der Waals surface area (Å²) in [4.78, 5) is 14.1. The van der Waals surface area contributed by atoms with E-state index in [-0.39, 0.29) is 18.2 Å². The number of furan rings is 1. The molecule has 29 heavy (non-hydrogen) atoms. The predicted octanol–water partition coefficient (Wildman–Crippen LogP) is 4.34. The van der Waals surface area contributed by atoms with Crippen LogP contribution in [-0.4, -0.2) is 38.4 Å². The third-order valence-electron chi connectivity index (χ3n) is 4.79. The van der Waals surface area contributed by atoms with Gasteiger partial charge in [0.25, 0.3) is 0 Å². The normalized spacial score (nSPS) is 13.6. The molecule has 4 rings (SSSR count). The zero-order valence-corrected chi connectivity index (χ0v) is 17.4. The molecule has 0 N–H and O–H groups in total. The van der Waals surface area contributed by atoms with Crippen LogP contribution in [0.4, 0.5) is 4.39 Å². The quantitative estimate of drug-likeness (QED) is 0.493. The summed E-state index contributed by atoms with van der Waals surface area (Å²) in [5, 5.41) is 9.60. The number of carbonyl (C=O) groups excluding carboxylic acids is 1. The first-order valence-electron chi connectivity index (χ1n) is 9.28. The number of hydrogen-bond donors (Lipinski definition) is 0. The van der Waals surface area contributed by atoms with Crippen molar-refractivity contribution in [2.45, 2.75) is 37.0 Å². The van der Waals surface area contributed by atoms with E-state index in [1.54, 1.807) is 25.4 Å². The van der Waals surface area contributed by atoms with Gasteiger partial charge >= 0.3 is 0 Å². The molecule has 9 heteroatoms. The van der Waals surface area contributed by atoms with Gasteiger partial charge in [0.15, 0.2) is 5.16 Å². The van der Waals surface area contributed by atoms with Crippen molar-refractivity contribution in [1.82, 2.24) is 19.7 Å². The van der Waals surface area contributed by atoms with E-state index < -0.39 is 5.82 Å². The van der Waals surface area contributed by atoms with Gasteiger partial charge in [-0.1, -0.05) is 29.4 Å². The Morgan fingerprint density at radius 3 is 2.86 bits per heavy atom. The fraction of sp³-hybridized carbons (Fsp3) is 0.350. The highest BCUT2D eigenvalue weighted by Crippen LogP contribution is 2.40. The smallest absolute Gasteiger partial charge is 0.233 e. The van der Waals surface area contributed by atoms with Gasteiger partial charge in [-0.2, -0.15) is 0 Å². The number of hydrogen-bond acceptors (Lipinski definition) is 5. The molecule has 1 aliphatic rings. The molecule has 0 atom stereocenters. The monoisotopic (exact) mass is 434 g/mol. The number of benzene rings is 1. The van der Waals surface area contributed by atoms with E-state index in [0.717, 1.165) is 24.4 Å². The van der Waals surface area contributed by atoms with Crippen molar-refractivity contribution < 1.29 is 13.6 Å². The molecule has 0 unspecified atom stereocenters. The van der Waals surface area contributed by atoms with Gasteiger partial charge in [-0.15, -0.1) is 10.2 Å². The van der Waals surface area contributed by atoms with Crippen molar-refractivity contribution in [3.05, 3.63) is 64.6 Å². The molecule has 0 spiro atoms.